The minimum atomic E-state index is -0.588. The van der Waals surface area contributed by atoms with Gasteiger partial charge in [0.15, 0.2) is 0 Å². The molecule has 6 heteroatoms. The summed E-state index contributed by atoms with van der Waals surface area (Å²) in [6, 6.07) is 7.46. The van der Waals surface area contributed by atoms with Crippen LogP contribution in [0.15, 0.2) is 47.5 Å². The largest absolute Gasteiger partial charge is 0.322 e. The molecule has 108 valence electrons. The van der Waals surface area contributed by atoms with Gasteiger partial charge < -0.3 is 10.3 Å². The first-order valence-electron chi connectivity index (χ1n) is 6.61. The Labute approximate surface area is 120 Å². The zero-order chi connectivity index (χ0) is 15.0. The minimum absolute atomic E-state index is 0.190. The molecular weight excluding hydrogens is 271 g/mol. The number of aryl methyl sites for hydroxylation is 1. The Kier molecular flexibility index (Phi) is 3.31. The van der Waals surface area contributed by atoms with Crippen LogP contribution in [-0.2, 0) is 6.54 Å². The summed E-state index contributed by atoms with van der Waals surface area (Å²) >= 11 is 0. The van der Waals surface area contributed by atoms with Crippen LogP contribution in [0.2, 0.25) is 0 Å². The maximum absolute atomic E-state index is 13.7. The first kappa shape index (κ1) is 13.5. The highest BCUT2D eigenvalue weighted by atomic mass is 19.1. The Bertz CT molecular complexity index is 852. The molecule has 21 heavy (non-hydrogen) atoms. The number of nitrogens with zero attached hydrogens (tertiary/aromatic N) is 3. The number of aromatic nitrogens is 3. The summed E-state index contributed by atoms with van der Waals surface area (Å²) in [7, 11) is 0. The third kappa shape index (κ3) is 2.45. The number of hydrogen-bond acceptors (Lipinski definition) is 3. The zero-order valence-electron chi connectivity index (χ0n) is 11.5. The molecule has 0 amide bonds. The number of halogens is 1. The average molecular weight is 286 g/mol. The van der Waals surface area contributed by atoms with Gasteiger partial charge in [-0.25, -0.2) is 8.91 Å². The molecule has 1 aromatic carbocycles. The van der Waals surface area contributed by atoms with E-state index < -0.39 is 6.04 Å². The molecule has 0 aliphatic carbocycles. The lowest BCUT2D eigenvalue weighted by atomic mass is 10.1. The van der Waals surface area contributed by atoms with Gasteiger partial charge in [-0.05, 0) is 19.1 Å². The molecule has 5 nitrogen and oxygen atoms in total. The number of rotatable bonds is 3. The highest BCUT2D eigenvalue weighted by molar-refractivity contribution is 5.44. The Morgan fingerprint density at radius 3 is 2.86 bits per heavy atom. The van der Waals surface area contributed by atoms with Crippen LogP contribution in [0, 0.1) is 12.7 Å². The topological polar surface area (TPSA) is 65.3 Å². The Morgan fingerprint density at radius 1 is 1.33 bits per heavy atom. The number of nitrogens with two attached hydrogens (primary N) is 1. The van der Waals surface area contributed by atoms with E-state index in [0.29, 0.717) is 11.1 Å². The molecule has 3 aromatic rings. The molecule has 0 aliphatic heterocycles. The van der Waals surface area contributed by atoms with Crippen LogP contribution in [0.4, 0.5) is 4.39 Å². The zero-order valence-corrected chi connectivity index (χ0v) is 11.5. The van der Waals surface area contributed by atoms with Gasteiger partial charge in [-0.15, -0.1) is 0 Å². The fraction of sp³-hybridized carbons (Fsp3) is 0.200. The Morgan fingerprint density at radius 2 is 2.10 bits per heavy atom. The maximum Gasteiger partial charge on any atom is 0.276 e. The van der Waals surface area contributed by atoms with E-state index in [1.54, 1.807) is 36.7 Å². The molecule has 2 aromatic heterocycles. The van der Waals surface area contributed by atoms with Crippen LogP contribution in [0.3, 0.4) is 0 Å². The molecule has 2 N–H and O–H groups in total. The SMILES string of the molecule is Cc1cc2c(=O)n(CC(N)c3ccccc3F)ccn2n1. The molecule has 1 atom stereocenters. The number of benzene rings is 1. The standard InChI is InChI=1S/C15H15FN4O/c1-10-8-14-15(21)19(6-7-20(14)18-10)9-13(17)11-4-2-3-5-12(11)16/h2-8,13H,9,17H2,1H3. The first-order valence-corrected chi connectivity index (χ1v) is 6.61. The van der Waals surface area contributed by atoms with Gasteiger partial charge in [0.05, 0.1) is 11.7 Å². The number of hydrogen-bond donors (Lipinski definition) is 1. The van der Waals surface area contributed by atoms with E-state index in [2.05, 4.69) is 5.10 Å². The predicted octanol–water partition coefficient (Wildman–Crippen LogP) is 1.64. The second-order valence-corrected chi connectivity index (χ2v) is 5.00. The van der Waals surface area contributed by atoms with Crippen LogP contribution in [0.1, 0.15) is 17.3 Å². The van der Waals surface area contributed by atoms with Crippen molar-refractivity contribution in [2.75, 3.05) is 0 Å². The number of fused-ring (bicyclic) bond motifs is 1. The molecule has 0 saturated heterocycles. The van der Waals surface area contributed by atoms with Crippen molar-refractivity contribution in [2.24, 2.45) is 5.73 Å². The van der Waals surface area contributed by atoms with Crippen molar-refractivity contribution in [3.8, 4) is 0 Å². The highest BCUT2D eigenvalue weighted by Gasteiger charge is 2.13. The molecule has 0 spiro atoms. The Balaban J connectivity index is 1.97. The molecular formula is C15H15FN4O. The smallest absolute Gasteiger partial charge is 0.276 e. The van der Waals surface area contributed by atoms with Gasteiger partial charge in [0.1, 0.15) is 11.3 Å². The molecule has 0 aliphatic rings. The first-order chi connectivity index (χ1) is 10.1. The lowest BCUT2D eigenvalue weighted by Gasteiger charge is -2.14. The van der Waals surface area contributed by atoms with E-state index in [9.17, 15) is 9.18 Å². The highest BCUT2D eigenvalue weighted by Crippen LogP contribution is 2.15. The van der Waals surface area contributed by atoms with E-state index in [1.807, 2.05) is 6.92 Å². The van der Waals surface area contributed by atoms with Crippen LogP contribution in [0.5, 0.6) is 0 Å². The van der Waals surface area contributed by atoms with Crippen molar-refractivity contribution in [1.29, 1.82) is 0 Å². The second kappa shape index (κ2) is 5.14. The van der Waals surface area contributed by atoms with Crippen molar-refractivity contribution in [1.82, 2.24) is 14.2 Å². The van der Waals surface area contributed by atoms with Crippen LogP contribution < -0.4 is 11.3 Å². The van der Waals surface area contributed by atoms with Gasteiger partial charge in [0.25, 0.3) is 5.56 Å². The molecule has 0 saturated carbocycles. The van der Waals surface area contributed by atoms with Crippen molar-refractivity contribution in [3.63, 3.8) is 0 Å². The minimum Gasteiger partial charge on any atom is -0.322 e. The van der Waals surface area contributed by atoms with Gasteiger partial charge in [-0.2, -0.15) is 5.10 Å². The molecule has 0 fully saturated rings. The summed E-state index contributed by atoms with van der Waals surface area (Å²) in [5, 5.41) is 4.18. The summed E-state index contributed by atoms with van der Waals surface area (Å²) in [5.41, 5.74) is 7.48. The summed E-state index contributed by atoms with van der Waals surface area (Å²) < 4.78 is 16.7. The van der Waals surface area contributed by atoms with Gasteiger partial charge >= 0.3 is 0 Å². The van der Waals surface area contributed by atoms with Gasteiger partial charge in [-0.1, -0.05) is 18.2 Å². The van der Waals surface area contributed by atoms with E-state index in [1.165, 1.54) is 15.1 Å². The van der Waals surface area contributed by atoms with E-state index in [0.717, 1.165) is 5.69 Å². The lowest BCUT2D eigenvalue weighted by molar-refractivity contribution is 0.522. The van der Waals surface area contributed by atoms with Gasteiger partial charge in [0, 0.05) is 24.5 Å². The van der Waals surface area contributed by atoms with Crippen LogP contribution in [0.25, 0.3) is 5.52 Å². The maximum atomic E-state index is 13.7. The summed E-state index contributed by atoms with van der Waals surface area (Å²) in [6.45, 7) is 2.03. The van der Waals surface area contributed by atoms with Crippen LogP contribution >= 0.6 is 0 Å². The van der Waals surface area contributed by atoms with Crippen LogP contribution in [-0.4, -0.2) is 14.2 Å². The summed E-state index contributed by atoms with van der Waals surface area (Å²) in [6.07, 6.45) is 3.31. The quantitative estimate of drug-likeness (QED) is 0.796. The fourth-order valence-corrected chi connectivity index (χ4v) is 2.38. The average Bonchev–Trinajstić information content (AvgIpc) is 2.84. The normalized spacial score (nSPS) is 12.7. The second-order valence-electron chi connectivity index (χ2n) is 5.00. The third-order valence-electron chi connectivity index (χ3n) is 3.42. The predicted molar refractivity (Wildman–Crippen MR) is 77.5 cm³/mol. The molecule has 1 unspecified atom stereocenters. The molecule has 3 rings (SSSR count). The van der Waals surface area contributed by atoms with E-state index in [-0.39, 0.29) is 17.9 Å². The van der Waals surface area contributed by atoms with Crippen molar-refractivity contribution in [3.05, 3.63) is 70.2 Å². The van der Waals surface area contributed by atoms with Gasteiger partial charge in [0.2, 0.25) is 0 Å². The third-order valence-corrected chi connectivity index (χ3v) is 3.42. The molecule has 0 bridgehead atoms. The molecule has 2 heterocycles. The summed E-state index contributed by atoms with van der Waals surface area (Å²) in [5.74, 6) is -0.362. The van der Waals surface area contributed by atoms with Crippen molar-refractivity contribution >= 4 is 5.52 Å². The van der Waals surface area contributed by atoms with Gasteiger partial charge in [-0.3, -0.25) is 4.79 Å². The summed E-state index contributed by atoms with van der Waals surface area (Å²) in [4.78, 5) is 12.3. The lowest BCUT2D eigenvalue weighted by Crippen LogP contribution is -2.27. The van der Waals surface area contributed by atoms with Crippen molar-refractivity contribution in [2.45, 2.75) is 19.5 Å². The monoisotopic (exact) mass is 286 g/mol. The van der Waals surface area contributed by atoms with Crippen molar-refractivity contribution < 1.29 is 4.39 Å². The van der Waals surface area contributed by atoms with E-state index >= 15 is 0 Å². The molecule has 0 radical (unpaired) electrons. The fourth-order valence-electron chi connectivity index (χ4n) is 2.38. The van der Waals surface area contributed by atoms with E-state index in [4.69, 9.17) is 5.73 Å². The Hall–Kier alpha value is -2.47.